The van der Waals surface area contributed by atoms with E-state index in [2.05, 4.69) is 5.32 Å². The maximum Gasteiger partial charge on any atom is 0.321 e. The minimum absolute atomic E-state index is 0.0647. The summed E-state index contributed by atoms with van der Waals surface area (Å²) in [6.45, 7) is 1.06. The van der Waals surface area contributed by atoms with Crippen LogP contribution in [0, 0.1) is 5.92 Å². The predicted octanol–water partition coefficient (Wildman–Crippen LogP) is 4.17. The quantitative estimate of drug-likeness (QED) is 0.809. The molecule has 2 aromatic carbocycles. The molecule has 5 nitrogen and oxygen atoms in total. The van der Waals surface area contributed by atoms with Crippen molar-refractivity contribution in [3.05, 3.63) is 59.1 Å². The van der Waals surface area contributed by atoms with E-state index in [1.807, 2.05) is 0 Å². The smallest absolute Gasteiger partial charge is 0.321 e. The molecule has 0 spiro atoms. The second-order valence-electron chi connectivity index (χ2n) is 6.11. The first-order chi connectivity index (χ1) is 12.0. The number of carbonyl (C=O) groups excluding carboxylic acids is 2. The summed E-state index contributed by atoms with van der Waals surface area (Å²) < 4.78 is 0. The topological polar surface area (TPSA) is 69.6 Å². The molecule has 2 amide bonds. The Hall–Kier alpha value is -2.53. The van der Waals surface area contributed by atoms with Crippen molar-refractivity contribution < 1.29 is 14.7 Å². The summed E-state index contributed by atoms with van der Waals surface area (Å²) in [7, 11) is 0. The van der Waals surface area contributed by atoms with Crippen LogP contribution in [0.1, 0.15) is 23.2 Å². The largest absolute Gasteiger partial charge is 0.508 e. The zero-order valence-corrected chi connectivity index (χ0v) is 14.4. The van der Waals surface area contributed by atoms with Crippen LogP contribution in [-0.2, 0) is 0 Å². The molecule has 0 aromatic heterocycles. The number of nitrogens with zero attached hydrogens (tertiary/aromatic N) is 1. The van der Waals surface area contributed by atoms with Crippen LogP contribution >= 0.6 is 11.6 Å². The molecule has 0 aliphatic carbocycles. The Kier molecular flexibility index (Phi) is 5.24. The van der Waals surface area contributed by atoms with Gasteiger partial charge in [0.25, 0.3) is 0 Å². The number of nitrogens with one attached hydrogen (secondary N) is 1. The summed E-state index contributed by atoms with van der Waals surface area (Å²) in [5.41, 5.74) is 1.25. The van der Waals surface area contributed by atoms with E-state index in [-0.39, 0.29) is 23.5 Å². The van der Waals surface area contributed by atoms with Crippen molar-refractivity contribution in [2.45, 2.75) is 12.8 Å². The molecule has 0 atom stereocenters. The Morgan fingerprint density at radius 2 is 1.76 bits per heavy atom. The lowest BCUT2D eigenvalue weighted by Crippen LogP contribution is -2.42. The van der Waals surface area contributed by atoms with E-state index < -0.39 is 0 Å². The second kappa shape index (κ2) is 7.57. The third-order valence-electron chi connectivity index (χ3n) is 4.38. The number of phenolic OH excluding ortho intramolecular Hbond substituents is 1. The van der Waals surface area contributed by atoms with Gasteiger partial charge in [-0.15, -0.1) is 0 Å². The number of piperidine rings is 1. The van der Waals surface area contributed by atoms with Crippen LogP contribution in [-0.4, -0.2) is 34.9 Å². The van der Waals surface area contributed by atoms with E-state index in [1.54, 1.807) is 41.3 Å². The molecule has 0 bridgehead atoms. The number of halogens is 1. The lowest BCUT2D eigenvalue weighted by atomic mass is 9.89. The minimum atomic E-state index is -0.183. The third-order valence-corrected chi connectivity index (χ3v) is 4.62. The van der Waals surface area contributed by atoms with Gasteiger partial charge in [0.05, 0.1) is 0 Å². The highest BCUT2D eigenvalue weighted by atomic mass is 35.5. The first kappa shape index (κ1) is 17.3. The molecule has 1 aliphatic heterocycles. The summed E-state index contributed by atoms with van der Waals surface area (Å²) >= 11 is 5.92. The average molecular weight is 359 g/mol. The number of phenols is 1. The van der Waals surface area contributed by atoms with Gasteiger partial charge in [0, 0.05) is 35.3 Å². The van der Waals surface area contributed by atoms with Gasteiger partial charge < -0.3 is 15.3 Å². The Bertz CT molecular complexity index is 768. The van der Waals surface area contributed by atoms with Crippen LogP contribution in [0.4, 0.5) is 10.5 Å². The third kappa shape index (κ3) is 4.31. The summed E-state index contributed by atoms with van der Waals surface area (Å²) in [5.74, 6) is 0.110. The Morgan fingerprint density at radius 3 is 2.40 bits per heavy atom. The molecule has 1 heterocycles. The molecular weight excluding hydrogens is 340 g/mol. The molecule has 2 aromatic rings. The van der Waals surface area contributed by atoms with Crippen molar-refractivity contribution in [2.24, 2.45) is 5.92 Å². The summed E-state index contributed by atoms with van der Waals surface area (Å²) in [6.07, 6.45) is 1.26. The lowest BCUT2D eigenvalue weighted by Gasteiger charge is -2.31. The molecule has 1 fully saturated rings. The number of hydrogen-bond donors (Lipinski definition) is 2. The van der Waals surface area contributed by atoms with Gasteiger partial charge in [0.1, 0.15) is 5.75 Å². The van der Waals surface area contributed by atoms with E-state index in [9.17, 15) is 14.7 Å². The van der Waals surface area contributed by atoms with Crippen LogP contribution in [0.25, 0.3) is 0 Å². The summed E-state index contributed by atoms with van der Waals surface area (Å²) in [6, 6.07) is 13.1. The van der Waals surface area contributed by atoms with Gasteiger partial charge in [-0.2, -0.15) is 0 Å². The van der Waals surface area contributed by atoms with Crippen LogP contribution in [0.2, 0.25) is 5.02 Å². The van der Waals surface area contributed by atoms with Crippen LogP contribution in [0.5, 0.6) is 5.75 Å². The summed E-state index contributed by atoms with van der Waals surface area (Å²) in [4.78, 5) is 26.5. The first-order valence-electron chi connectivity index (χ1n) is 8.17. The fourth-order valence-corrected chi connectivity index (χ4v) is 3.17. The van der Waals surface area contributed by atoms with Crippen molar-refractivity contribution in [3.8, 4) is 5.75 Å². The Labute approximate surface area is 151 Å². The van der Waals surface area contributed by atoms with Crippen molar-refractivity contribution in [1.29, 1.82) is 0 Å². The molecular formula is C19H19ClN2O3. The molecule has 0 radical (unpaired) electrons. The molecule has 0 saturated carbocycles. The van der Waals surface area contributed by atoms with E-state index in [4.69, 9.17) is 11.6 Å². The van der Waals surface area contributed by atoms with Gasteiger partial charge in [0.2, 0.25) is 0 Å². The van der Waals surface area contributed by atoms with Crippen molar-refractivity contribution in [2.75, 3.05) is 18.4 Å². The number of anilines is 1. The van der Waals surface area contributed by atoms with Crippen LogP contribution < -0.4 is 5.32 Å². The number of Topliss-reactive ketones (excluding diaryl/α,β-unsaturated/α-hetero) is 1. The molecule has 0 unspecified atom stereocenters. The van der Waals surface area contributed by atoms with Crippen LogP contribution in [0.15, 0.2) is 48.5 Å². The number of carbonyl (C=O) groups is 2. The molecule has 25 heavy (non-hydrogen) atoms. The van der Waals surface area contributed by atoms with Crippen molar-refractivity contribution in [1.82, 2.24) is 4.90 Å². The fourth-order valence-electron chi connectivity index (χ4n) is 2.97. The highest BCUT2D eigenvalue weighted by Crippen LogP contribution is 2.24. The van der Waals surface area contributed by atoms with E-state index in [0.29, 0.717) is 42.2 Å². The SMILES string of the molecule is O=C(c1ccc(O)cc1)C1CCN(C(=O)Nc2cccc(Cl)c2)CC1. The molecule has 3 rings (SSSR count). The second-order valence-corrected chi connectivity index (χ2v) is 6.55. The Morgan fingerprint density at radius 1 is 1.08 bits per heavy atom. The zero-order chi connectivity index (χ0) is 17.8. The molecule has 2 N–H and O–H groups in total. The first-order valence-corrected chi connectivity index (χ1v) is 8.55. The standard InChI is InChI=1S/C19H19ClN2O3/c20-15-2-1-3-16(12-15)21-19(25)22-10-8-14(9-11-22)18(24)13-4-6-17(23)7-5-13/h1-7,12,14,23H,8-11H2,(H,21,25). The summed E-state index contributed by atoms with van der Waals surface area (Å²) in [5, 5.41) is 12.7. The van der Waals surface area contributed by atoms with Gasteiger partial charge >= 0.3 is 6.03 Å². The zero-order valence-electron chi connectivity index (χ0n) is 13.6. The number of benzene rings is 2. The average Bonchev–Trinajstić information content (AvgIpc) is 2.62. The van der Waals surface area contributed by atoms with Crippen molar-refractivity contribution in [3.63, 3.8) is 0 Å². The molecule has 130 valence electrons. The van der Waals surface area contributed by atoms with Gasteiger partial charge in [-0.25, -0.2) is 4.79 Å². The van der Waals surface area contributed by atoms with Crippen LogP contribution in [0.3, 0.4) is 0 Å². The number of rotatable bonds is 3. The number of likely N-dealkylation sites (tertiary alicyclic amines) is 1. The fraction of sp³-hybridized carbons (Fsp3) is 0.263. The Balaban J connectivity index is 1.55. The van der Waals surface area contributed by atoms with Gasteiger partial charge in [0.15, 0.2) is 5.78 Å². The van der Waals surface area contributed by atoms with Gasteiger partial charge in [-0.05, 0) is 55.3 Å². The maximum atomic E-state index is 12.5. The number of urea groups is 1. The molecule has 6 heteroatoms. The maximum absolute atomic E-state index is 12.5. The predicted molar refractivity (Wildman–Crippen MR) is 97.2 cm³/mol. The normalized spacial score (nSPS) is 15.0. The monoisotopic (exact) mass is 358 g/mol. The number of ketones is 1. The minimum Gasteiger partial charge on any atom is -0.508 e. The molecule has 1 aliphatic rings. The van der Waals surface area contributed by atoms with E-state index in [0.717, 1.165) is 0 Å². The molecule has 1 saturated heterocycles. The number of amides is 2. The number of aromatic hydroxyl groups is 1. The van der Waals surface area contributed by atoms with E-state index in [1.165, 1.54) is 12.1 Å². The van der Waals surface area contributed by atoms with Gasteiger partial charge in [-0.3, -0.25) is 4.79 Å². The van der Waals surface area contributed by atoms with Gasteiger partial charge in [-0.1, -0.05) is 17.7 Å². The highest BCUT2D eigenvalue weighted by Gasteiger charge is 2.28. The lowest BCUT2D eigenvalue weighted by molar-refractivity contribution is 0.0859. The van der Waals surface area contributed by atoms with E-state index >= 15 is 0 Å². The van der Waals surface area contributed by atoms with Crippen molar-refractivity contribution >= 4 is 29.1 Å². The number of hydrogen-bond acceptors (Lipinski definition) is 3. The highest BCUT2D eigenvalue weighted by molar-refractivity contribution is 6.30.